The van der Waals surface area contributed by atoms with Crippen molar-refractivity contribution in [2.45, 2.75) is 26.4 Å². The van der Waals surface area contributed by atoms with E-state index in [1.807, 2.05) is 0 Å². The molecule has 0 radical (unpaired) electrons. The van der Waals surface area contributed by atoms with Crippen molar-refractivity contribution in [2.75, 3.05) is 0 Å². The SMILES string of the molecule is CCC(OC(C)=O)C(=O)Oc1ccccc1O. The van der Waals surface area contributed by atoms with E-state index in [9.17, 15) is 14.7 Å². The van der Waals surface area contributed by atoms with Crippen LogP contribution in [0.5, 0.6) is 11.5 Å². The van der Waals surface area contributed by atoms with Gasteiger partial charge in [0, 0.05) is 6.92 Å². The molecule has 5 heteroatoms. The second-order valence-corrected chi connectivity index (χ2v) is 3.40. The molecule has 5 nitrogen and oxygen atoms in total. The zero-order chi connectivity index (χ0) is 12.8. The Hall–Kier alpha value is -2.04. The van der Waals surface area contributed by atoms with Gasteiger partial charge in [0.25, 0.3) is 0 Å². The summed E-state index contributed by atoms with van der Waals surface area (Å²) >= 11 is 0. The van der Waals surface area contributed by atoms with Gasteiger partial charge in [0.1, 0.15) is 0 Å². The molecule has 0 amide bonds. The summed E-state index contributed by atoms with van der Waals surface area (Å²) in [5, 5.41) is 9.41. The molecule has 0 bridgehead atoms. The molecule has 1 aromatic rings. The molecule has 0 aromatic heterocycles. The predicted molar refractivity (Wildman–Crippen MR) is 59.6 cm³/mol. The Kier molecular flexibility index (Phi) is 4.51. The standard InChI is InChI=1S/C12H14O5/c1-3-10(16-8(2)13)12(15)17-11-7-5-4-6-9(11)14/h4-7,10,14H,3H2,1-2H3. The van der Waals surface area contributed by atoms with Gasteiger partial charge in [0.15, 0.2) is 17.6 Å². The molecule has 92 valence electrons. The van der Waals surface area contributed by atoms with Crippen LogP contribution < -0.4 is 4.74 Å². The number of benzene rings is 1. The average Bonchev–Trinajstić information content (AvgIpc) is 2.28. The molecule has 1 atom stereocenters. The van der Waals surface area contributed by atoms with Gasteiger partial charge in [-0.15, -0.1) is 0 Å². The summed E-state index contributed by atoms with van der Waals surface area (Å²) in [7, 11) is 0. The number of hydrogen-bond donors (Lipinski definition) is 1. The highest BCUT2D eigenvalue weighted by molar-refractivity contribution is 5.80. The lowest BCUT2D eigenvalue weighted by Crippen LogP contribution is -2.29. The van der Waals surface area contributed by atoms with E-state index in [0.717, 1.165) is 0 Å². The zero-order valence-electron chi connectivity index (χ0n) is 9.67. The summed E-state index contributed by atoms with van der Waals surface area (Å²) in [5.41, 5.74) is 0. The summed E-state index contributed by atoms with van der Waals surface area (Å²) in [5.74, 6) is -1.35. The lowest BCUT2D eigenvalue weighted by molar-refractivity contribution is -0.160. The minimum absolute atomic E-state index is 0.0445. The lowest BCUT2D eigenvalue weighted by Gasteiger charge is -2.14. The normalized spacial score (nSPS) is 11.6. The Balaban J connectivity index is 2.71. The number of hydrogen-bond acceptors (Lipinski definition) is 5. The number of para-hydroxylation sites is 2. The van der Waals surface area contributed by atoms with Crippen molar-refractivity contribution in [1.29, 1.82) is 0 Å². The average molecular weight is 238 g/mol. The maximum atomic E-state index is 11.6. The minimum atomic E-state index is -0.952. The van der Waals surface area contributed by atoms with Crippen LogP contribution in [0.2, 0.25) is 0 Å². The molecule has 0 spiro atoms. The van der Waals surface area contributed by atoms with Crippen LogP contribution in [0.4, 0.5) is 0 Å². The monoisotopic (exact) mass is 238 g/mol. The van der Waals surface area contributed by atoms with Crippen molar-refractivity contribution in [3.8, 4) is 11.5 Å². The van der Waals surface area contributed by atoms with Gasteiger partial charge >= 0.3 is 11.9 Å². The Bertz CT molecular complexity index is 413. The smallest absolute Gasteiger partial charge is 0.352 e. The van der Waals surface area contributed by atoms with Gasteiger partial charge in [-0.05, 0) is 18.6 Å². The van der Waals surface area contributed by atoms with Crippen molar-refractivity contribution in [2.24, 2.45) is 0 Å². The molecule has 0 saturated carbocycles. The summed E-state index contributed by atoms with van der Waals surface area (Å²) in [4.78, 5) is 22.4. The minimum Gasteiger partial charge on any atom is -0.504 e. The quantitative estimate of drug-likeness (QED) is 0.637. The summed E-state index contributed by atoms with van der Waals surface area (Å²) in [6.07, 6.45) is -0.640. The number of ether oxygens (including phenoxy) is 2. The van der Waals surface area contributed by atoms with E-state index in [0.29, 0.717) is 6.42 Å². The highest BCUT2D eigenvalue weighted by Crippen LogP contribution is 2.25. The maximum absolute atomic E-state index is 11.6. The first-order chi connectivity index (χ1) is 8.04. The number of aromatic hydroxyl groups is 1. The topological polar surface area (TPSA) is 72.8 Å². The first-order valence-corrected chi connectivity index (χ1v) is 5.21. The van der Waals surface area contributed by atoms with Crippen molar-refractivity contribution in [3.63, 3.8) is 0 Å². The Morgan fingerprint density at radius 3 is 2.53 bits per heavy atom. The van der Waals surface area contributed by atoms with Crippen molar-refractivity contribution in [3.05, 3.63) is 24.3 Å². The molecule has 0 aliphatic rings. The highest BCUT2D eigenvalue weighted by Gasteiger charge is 2.22. The zero-order valence-corrected chi connectivity index (χ0v) is 9.67. The van der Waals surface area contributed by atoms with Gasteiger partial charge < -0.3 is 14.6 Å². The first kappa shape index (κ1) is 13.0. The summed E-state index contributed by atoms with van der Waals surface area (Å²) in [6, 6.07) is 6.08. The largest absolute Gasteiger partial charge is 0.504 e. The van der Waals surface area contributed by atoms with Crippen LogP contribution in [0, 0.1) is 0 Å². The van der Waals surface area contributed by atoms with E-state index < -0.39 is 18.0 Å². The number of carbonyl (C=O) groups excluding carboxylic acids is 2. The number of rotatable bonds is 4. The van der Waals surface area contributed by atoms with E-state index >= 15 is 0 Å². The molecule has 0 saturated heterocycles. The van der Waals surface area contributed by atoms with Crippen LogP contribution in [0.1, 0.15) is 20.3 Å². The Labute approximate surface area is 99.0 Å². The number of esters is 2. The third-order valence-electron chi connectivity index (χ3n) is 2.02. The number of carbonyl (C=O) groups is 2. The van der Waals surface area contributed by atoms with E-state index in [1.165, 1.54) is 19.1 Å². The second-order valence-electron chi connectivity index (χ2n) is 3.40. The van der Waals surface area contributed by atoms with E-state index in [4.69, 9.17) is 9.47 Å². The maximum Gasteiger partial charge on any atom is 0.352 e. The molecule has 0 fully saturated rings. The second kappa shape index (κ2) is 5.89. The lowest BCUT2D eigenvalue weighted by atomic mass is 10.2. The summed E-state index contributed by atoms with van der Waals surface area (Å²) < 4.78 is 9.71. The van der Waals surface area contributed by atoms with E-state index in [1.54, 1.807) is 19.1 Å². The fraction of sp³-hybridized carbons (Fsp3) is 0.333. The van der Waals surface area contributed by atoms with E-state index in [-0.39, 0.29) is 11.5 Å². The van der Waals surface area contributed by atoms with E-state index in [2.05, 4.69) is 0 Å². The Morgan fingerprint density at radius 2 is 2.00 bits per heavy atom. The predicted octanol–water partition coefficient (Wildman–Crippen LogP) is 1.64. The molecular weight excluding hydrogens is 224 g/mol. The van der Waals surface area contributed by atoms with Gasteiger partial charge in [0.05, 0.1) is 0 Å². The molecular formula is C12H14O5. The highest BCUT2D eigenvalue weighted by atomic mass is 16.6. The fourth-order valence-electron chi connectivity index (χ4n) is 1.22. The third-order valence-corrected chi connectivity index (χ3v) is 2.02. The molecule has 0 heterocycles. The molecule has 1 rings (SSSR count). The van der Waals surface area contributed by atoms with Crippen LogP contribution in [-0.4, -0.2) is 23.1 Å². The van der Waals surface area contributed by atoms with Gasteiger partial charge in [-0.3, -0.25) is 4.79 Å². The molecule has 1 N–H and O–H groups in total. The number of phenolic OH excluding ortho intramolecular Hbond substituents is 1. The van der Waals surface area contributed by atoms with Crippen LogP contribution in [0.25, 0.3) is 0 Å². The van der Waals surface area contributed by atoms with Gasteiger partial charge in [-0.1, -0.05) is 19.1 Å². The molecule has 0 aliphatic carbocycles. The third kappa shape index (κ3) is 3.79. The van der Waals surface area contributed by atoms with Crippen molar-refractivity contribution >= 4 is 11.9 Å². The van der Waals surface area contributed by atoms with Crippen molar-refractivity contribution in [1.82, 2.24) is 0 Å². The van der Waals surface area contributed by atoms with Crippen LogP contribution >= 0.6 is 0 Å². The van der Waals surface area contributed by atoms with Crippen LogP contribution in [0.15, 0.2) is 24.3 Å². The molecule has 1 unspecified atom stereocenters. The molecule has 17 heavy (non-hydrogen) atoms. The van der Waals surface area contributed by atoms with Crippen LogP contribution in [-0.2, 0) is 14.3 Å². The Morgan fingerprint density at radius 1 is 1.35 bits per heavy atom. The summed E-state index contributed by atoms with van der Waals surface area (Å²) in [6.45, 7) is 2.91. The molecule has 1 aromatic carbocycles. The number of phenols is 1. The molecule has 0 aliphatic heterocycles. The van der Waals surface area contributed by atoms with Gasteiger partial charge in [-0.25, -0.2) is 4.79 Å². The van der Waals surface area contributed by atoms with Crippen LogP contribution in [0.3, 0.4) is 0 Å². The van der Waals surface area contributed by atoms with Gasteiger partial charge in [-0.2, -0.15) is 0 Å². The fourth-order valence-corrected chi connectivity index (χ4v) is 1.22. The van der Waals surface area contributed by atoms with Crippen molar-refractivity contribution < 1.29 is 24.2 Å². The first-order valence-electron chi connectivity index (χ1n) is 5.21. The van der Waals surface area contributed by atoms with Gasteiger partial charge in [0.2, 0.25) is 0 Å².